The molecular weight excluding hydrogens is 330 g/mol. The Bertz CT molecular complexity index is 1110. The minimum Gasteiger partial charge on any atom is -0.310 e. The third-order valence-corrected chi connectivity index (χ3v) is 6.94. The fourth-order valence-electron chi connectivity index (χ4n) is 5.87. The maximum Gasteiger partial charge on any atom is 0.0870 e. The van der Waals surface area contributed by atoms with Gasteiger partial charge in [-0.25, -0.2) is 0 Å². The molecule has 3 nitrogen and oxygen atoms in total. The zero-order valence-corrected chi connectivity index (χ0v) is 16.1. The molecule has 0 amide bonds. The van der Waals surface area contributed by atoms with E-state index in [0.29, 0.717) is 6.04 Å². The number of piperidine rings is 1. The van der Waals surface area contributed by atoms with Gasteiger partial charge in [-0.15, -0.1) is 0 Å². The van der Waals surface area contributed by atoms with Crippen molar-refractivity contribution < 1.29 is 0 Å². The molecule has 27 heavy (non-hydrogen) atoms. The summed E-state index contributed by atoms with van der Waals surface area (Å²) in [5, 5.41) is 1.43. The monoisotopic (exact) mass is 355 g/mol. The van der Waals surface area contributed by atoms with E-state index in [1.807, 2.05) is 0 Å². The molecule has 3 aliphatic heterocycles. The first-order valence-corrected chi connectivity index (χ1v) is 10.2. The lowest BCUT2D eigenvalue weighted by molar-refractivity contribution is 0.0411. The lowest BCUT2D eigenvalue weighted by atomic mass is 9.69. The topological polar surface area (TPSA) is 21.1 Å². The molecule has 0 bridgehead atoms. The molecule has 6 rings (SSSR count). The van der Waals surface area contributed by atoms with Crippen molar-refractivity contribution in [1.82, 2.24) is 14.5 Å². The zero-order valence-electron chi connectivity index (χ0n) is 16.1. The largest absolute Gasteiger partial charge is 0.310 e. The van der Waals surface area contributed by atoms with Crippen LogP contribution in [0.2, 0.25) is 0 Å². The summed E-state index contributed by atoms with van der Waals surface area (Å²) >= 11 is 0. The Balaban J connectivity index is 1.73. The second-order valence-electron chi connectivity index (χ2n) is 8.71. The summed E-state index contributed by atoms with van der Waals surface area (Å²) in [7, 11) is 0. The van der Waals surface area contributed by atoms with Crippen molar-refractivity contribution in [3.63, 3.8) is 0 Å². The summed E-state index contributed by atoms with van der Waals surface area (Å²) in [5.74, 6) is 0. The Morgan fingerprint density at radius 2 is 1.96 bits per heavy atom. The standard InChI is InChI=1S/C24H25N3/c1-16-7-5-9-19(25-16)21-15-24(2)12-6-13-26-14-11-18-17-8-3-4-10-20(17)27(21)22(18)23(24)26/h3-5,7-10,15,23H,6,11-14H2,1-2H3/t23-,24+/m1/s1. The average molecular weight is 355 g/mol. The summed E-state index contributed by atoms with van der Waals surface area (Å²) in [6.07, 6.45) is 6.24. The van der Waals surface area contributed by atoms with E-state index in [1.165, 1.54) is 48.2 Å². The second-order valence-corrected chi connectivity index (χ2v) is 8.71. The molecule has 3 aromatic rings. The van der Waals surface area contributed by atoms with Gasteiger partial charge in [-0.3, -0.25) is 9.88 Å². The molecule has 2 aromatic heterocycles. The highest BCUT2D eigenvalue weighted by molar-refractivity contribution is 5.91. The first kappa shape index (κ1) is 15.6. The predicted octanol–water partition coefficient (Wildman–Crippen LogP) is 4.95. The summed E-state index contributed by atoms with van der Waals surface area (Å²) in [6.45, 7) is 6.97. The van der Waals surface area contributed by atoms with Gasteiger partial charge in [0.1, 0.15) is 0 Å². The lowest BCUT2D eigenvalue weighted by Crippen LogP contribution is -2.49. The second kappa shape index (κ2) is 5.32. The minimum atomic E-state index is 0.179. The smallest absolute Gasteiger partial charge is 0.0870 e. The van der Waals surface area contributed by atoms with Crippen LogP contribution in [0.15, 0.2) is 48.5 Å². The van der Waals surface area contributed by atoms with Crippen molar-refractivity contribution in [3.05, 3.63) is 71.2 Å². The Labute approximate surface area is 160 Å². The van der Waals surface area contributed by atoms with Crippen LogP contribution in [0.3, 0.4) is 0 Å². The van der Waals surface area contributed by atoms with E-state index in [0.717, 1.165) is 17.8 Å². The Hall–Kier alpha value is -2.39. The quantitative estimate of drug-likeness (QED) is 0.616. The number of benzene rings is 1. The SMILES string of the molecule is Cc1cccc(C2=C[C@]3(C)CCCN4CCc5c(n2c2ccccc52)[C@@H]43)n1. The first-order chi connectivity index (χ1) is 13.2. The van der Waals surface area contributed by atoms with E-state index in [9.17, 15) is 0 Å². The van der Waals surface area contributed by atoms with Gasteiger partial charge in [0.25, 0.3) is 0 Å². The van der Waals surface area contributed by atoms with Gasteiger partial charge in [-0.1, -0.05) is 37.3 Å². The number of fused-ring (bicyclic) bond motifs is 3. The number of hydrogen-bond acceptors (Lipinski definition) is 2. The molecule has 0 saturated carbocycles. The summed E-state index contributed by atoms with van der Waals surface area (Å²) in [6, 6.07) is 15.8. The van der Waals surface area contributed by atoms with Gasteiger partial charge < -0.3 is 4.57 Å². The molecule has 1 saturated heterocycles. The summed E-state index contributed by atoms with van der Waals surface area (Å²) in [4.78, 5) is 7.65. The van der Waals surface area contributed by atoms with Gasteiger partial charge in [0.05, 0.1) is 22.9 Å². The van der Waals surface area contributed by atoms with Crippen LogP contribution in [0.25, 0.3) is 16.6 Å². The summed E-state index contributed by atoms with van der Waals surface area (Å²) in [5.41, 5.74) is 8.07. The normalized spacial score (nSPS) is 26.7. The van der Waals surface area contributed by atoms with Gasteiger partial charge in [-0.05, 0) is 56.5 Å². The number of nitrogens with zero attached hydrogens (tertiary/aromatic N) is 3. The fourth-order valence-corrected chi connectivity index (χ4v) is 5.87. The average Bonchev–Trinajstić information content (AvgIpc) is 3.01. The van der Waals surface area contributed by atoms with Crippen molar-refractivity contribution in [2.24, 2.45) is 5.41 Å². The number of rotatable bonds is 1. The van der Waals surface area contributed by atoms with Crippen LogP contribution in [0.4, 0.5) is 0 Å². The van der Waals surface area contributed by atoms with Crippen LogP contribution < -0.4 is 0 Å². The van der Waals surface area contributed by atoms with E-state index in [4.69, 9.17) is 4.98 Å². The number of hydrogen-bond donors (Lipinski definition) is 0. The fraction of sp³-hybridized carbons (Fsp3) is 0.375. The Morgan fingerprint density at radius 3 is 2.85 bits per heavy atom. The number of aromatic nitrogens is 2. The van der Waals surface area contributed by atoms with E-state index < -0.39 is 0 Å². The molecule has 5 heterocycles. The van der Waals surface area contributed by atoms with E-state index in [1.54, 1.807) is 5.56 Å². The lowest BCUT2D eigenvalue weighted by Gasteiger charge is -2.52. The van der Waals surface area contributed by atoms with E-state index >= 15 is 0 Å². The molecule has 1 fully saturated rings. The molecule has 136 valence electrons. The van der Waals surface area contributed by atoms with E-state index in [-0.39, 0.29) is 5.41 Å². The molecule has 3 heteroatoms. The third-order valence-electron chi connectivity index (χ3n) is 6.94. The minimum absolute atomic E-state index is 0.179. The van der Waals surface area contributed by atoms with Gasteiger partial charge in [0, 0.05) is 28.7 Å². The van der Waals surface area contributed by atoms with Crippen molar-refractivity contribution >= 4 is 16.6 Å². The number of para-hydroxylation sites is 1. The predicted molar refractivity (Wildman–Crippen MR) is 110 cm³/mol. The molecule has 3 aliphatic rings. The highest BCUT2D eigenvalue weighted by Gasteiger charge is 2.48. The zero-order chi connectivity index (χ0) is 18.2. The van der Waals surface area contributed by atoms with Crippen LogP contribution >= 0.6 is 0 Å². The molecule has 0 radical (unpaired) electrons. The molecule has 1 aromatic carbocycles. The molecule has 0 spiro atoms. The maximum absolute atomic E-state index is 4.91. The van der Waals surface area contributed by atoms with Crippen molar-refractivity contribution in [2.75, 3.05) is 13.1 Å². The van der Waals surface area contributed by atoms with Gasteiger partial charge in [0.15, 0.2) is 0 Å². The van der Waals surface area contributed by atoms with Gasteiger partial charge in [-0.2, -0.15) is 0 Å². The Kier molecular flexibility index (Phi) is 3.09. The molecule has 0 aliphatic carbocycles. The third kappa shape index (κ3) is 2.03. The van der Waals surface area contributed by atoms with Crippen LogP contribution in [0.5, 0.6) is 0 Å². The van der Waals surface area contributed by atoms with Gasteiger partial charge >= 0.3 is 0 Å². The molecule has 0 N–H and O–H groups in total. The van der Waals surface area contributed by atoms with Crippen LogP contribution in [0, 0.1) is 12.3 Å². The van der Waals surface area contributed by atoms with Crippen LogP contribution in [0.1, 0.15) is 48.5 Å². The first-order valence-electron chi connectivity index (χ1n) is 10.2. The highest BCUT2D eigenvalue weighted by atomic mass is 15.2. The van der Waals surface area contributed by atoms with Crippen LogP contribution in [-0.2, 0) is 6.42 Å². The summed E-state index contributed by atoms with van der Waals surface area (Å²) < 4.78 is 2.54. The van der Waals surface area contributed by atoms with Crippen molar-refractivity contribution in [3.8, 4) is 0 Å². The Morgan fingerprint density at radius 1 is 1.07 bits per heavy atom. The highest BCUT2D eigenvalue weighted by Crippen LogP contribution is 2.55. The molecule has 0 unspecified atom stereocenters. The molecular formula is C24H25N3. The van der Waals surface area contributed by atoms with Crippen LogP contribution in [-0.4, -0.2) is 27.5 Å². The van der Waals surface area contributed by atoms with Gasteiger partial charge in [0.2, 0.25) is 0 Å². The number of aryl methyl sites for hydroxylation is 1. The molecule has 2 atom stereocenters. The van der Waals surface area contributed by atoms with Crippen molar-refractivity contribution in [1.29, 1.82) is 0 Å². The number of pyridine rings is 1. The maximum atomic E-state index is 4.91. The van der Waals surface area contributed by atoms with Crippen molar-refractivity contribution in [2.45, 2.75) is 39.2 Å². The van der Waals surface area contributed by atoms with E-state index in [2.05, 4.69) is 71.9 Å².